The van der Waals surface area contributed by atoms with E-state index in [-0.39, 0.29) is 12.6 Å². The molecule has 0 unspecified atom stereocenters. The Morgan fingerprint density at radius 1 is 1.04 bits per heavy atom. The van der Waals surface area contributed by atoms with Crippen molar-refractivity contribution in [2.24, 2.45) is 0 Å². The number of carbonyl (C=O) groups excluding carboxylic acids is 1. The van der Waals surface area contributed by atoms with E-state index in [1.54, 1.807) is 7.05 Å². The molecule has 0 aliphatic rings. The Labute approximate surface area is 137 Å². The van der Waals surface area contributed by atoms with Gasteiger partial charge in [-0.3, -0.25) is 0 Å². The largest absolute Gasteiger partial charge is 0.395 e. The van der Waals surface area contributed by atoms with Crippen molar-refractivity contribution >= 4 is 11.7 Å². The zero-order valence-electron chi connectivity index (χ0n) is 13.5. The van der Waals surface area contributed by atoms with Gasteiger partial charge in [0.15, 0.2) is 0 Å². The van der Waals surface area contributed by atoms with Crippen LogP contribution in [0, 0.1) is 0 Å². The second-order valence-electron chi connectivity index (χ2n) is 5.61. The quantitative estimate of drug-likeness (QED) is 0.824. The van der Waals surface area contributed by atoms with Crippen LogP contribution < -0.4 is 5.32 Å². The molecular weight excluding hydrogens is 288 g/mol. The Hall–Kier alpha value is -2.33. The zero-order chi connectivity index (χ0) is 16.5. The van der Waals surface area contributed by atoms with Gasteiger partial charge in [0.2, 0.25) is 0 Å². The van der Waals surface area contributed by atoms with E-state index in [2.05, 4.69) is 35.6 Å². The van der Waals surface area contributed by atoms with Gasteiger partial charge in [-0.2, -0.15) is 0 Å². The molecule has 0 atom stereocenters. The van der Waals surface area contributed by atoms with Gasteiger partial charge >= 0.3 is 6.03 Å². The van der Waals surface area contributed by atoms with E-state index in [0.29, 0.717) is 6.54 Å². The normalized spacial score (nSPS) is 10.3. The summed E-state index contributed by atoms with van der Waals surface area (Å²) in [6.07, 6.45) is 3.10. The van der Waals surface area contributed by atoms with Crippen LogP contribution in [0.1, 0.15) is 17.5 Å². The van der Waals surface area contributed by atoms with E-state index in [1.807, 2.05) is 24.3 Å². The third kappa shape index (κ3) is 5.75. The first-order valence-corrected chi connectivity index (χ1v) is 7.95. The molecule has 2 N–H and O–H groups in total. The molecule has 2 amide bonds. The van der Waals surface area contributed by atoms with E-state index in [4.69, 9.17) is 5.11 Å². The predicted molar refractivity (Wildman–Crippen MR) is 93.6 cm³/mol. The van der Waals surface area contributed by atoms with Crippen molar-refractivity contribution in [1.29, 1.82) is 0 Å². The second-order valence-corrected chi connectivity index (χ2v) is 5.61. The number of benzene rings is 2. The van der Waals surface area contributed by atoms with E-state index < -0.39 is 0 Å². The Morgan fingerprint density at radius 2 is 1.74 bits per heavy atom. The molecule has 2 aromatic rings. The molecular formula is C19H24N2O2. The van der Waals surface area contributed by atoms with Crippen LogP contribution in [0.3, 0.4) is 0 Å². The van der Waals surface area contributed by atoms with Crippen molar-refractivity contribution in [3.8, 4) is 0 Å². The van der Waals surface area contributed by atoms with Crippen LogP contribution in [0.2, 0.25) is 0 Å². The van der Waals surface area contributed by atoms with Gasteiger partial charge in [0.25, 0.3) is 0 Å². The number of urea groups is 1. The topological polar surface area (TPSA) is 52.6 Å². The molecule has 0 saturated carbocycles. The first-order valence-electron chi connectivity index (χ1n) is 7.95. The SMILES string of the molecule is CN(CCO)C(=O)Nc1cccc(CCCc2ccccc2)c1. The number of aliphatic hydroxyl groups is 1. The van der Waals surface area contributed by atoms with Gasteiger partial charge in [-0.15, -0.1) is 0 Å². The molecule has 0 spiro atoms. The summed E-state index contributed by atoms with van der Waals surface area (Å²) in [4.78, 5) is 13.4. The van der Waals surface area contributed by atoms with Crippen molar-refractivity contribution in [2.45, 2.75) is 19.3 Å². The van der Waals surface area contributed by atoms with Crippen molar-refractivity contribution in [1.82, 2.24) is 4.90 Å². The average Bonchev–Trinajstić information content (AvgIpc) is 2.56. The maximum absolute atomic E-state index is 11.9. The van der Waals surface area contributed by atoms with Gasteiger partial charge in [0.1, 0.15) is 0 Å². The summed E-state index contributed by atoms with van der Waals surface area (Å²) < 4.78 is 0. The van der Waals surface area contributed by atoms with Crippen LogP contribution in [-0.2, 0) is 12.8 Å². The third-order valence-electron chi connectivity index (χ3n) is 3.73. The number of amides is 2. The lowest BCUT2D eigenvalue weighted by atomic mass is 10.0. The molecule has 0 heterocycles. The predicted octanol–water partition coefficient (Wildman–Crippen LogP) is 3.32. The fourth-order valence-corrected chi connectivity index (χ4v) is 2.42. The van der Waals surface area contributed by atoms with Crippen LogP contribution in [0.5, 0.6) is 0 Å². The maximum atomic E-state index is 11.9. The molecule has 122 valence electrons. The Bertz CT molecular complexity index is 614. The first-order chi connectivity index (χ1) is 11.2. The summed E-state index contributed by atoms with van der Waals surface area (Å²) in [6, 6.07) is 18.2. The molecule has 4 nitrogen and oxygen atoms in total. The number of aryl methyl sites for hydroxylation is 2. The number of hydrogen-bond acceptors (Lipinski definition) is 2. The molecule has 0 fully saturated rings. The minimum absolute atomic E-state index is 0.0382. The summed E-state index contributed by atoms with van der Waals surface area (Å²) in [5, 5.41) is 11.7. The van der Waals surface area contributed by atoms with Crippen molar-refractivity contribution < 1.29 is 9.90 Å². The lowest BCUT2D eigenvalue weighted by molar-refractivity contribution is 0.202. The molecule has 0 bridgehead atoms. The summed E-state index contributed by atoms with van der Waals surface area (Å²) in [7, 11) is 1.66. The molecule has 4 heteroatoms. The zero-order valence-corrected chi connectivity index (χ0v) is 13.5. The highest BCUT2D eigenvalue weighted by molar-refractivity contribution is 5.89. The summed E-state index contributed by atoms with van der Waals surface area (Å²) in [5.74, 6) is 0. The number of rotatable bonds is 7. The molecule has 0 aliphatic carbocycles. The first kappa shape index (κ1) is 17.0. The lowest BCUT2D eigenvalue weighted by Gasteiger charge is -2.16. The minimum Gasteiger partial charge on any atom is -0.395 e. The average molecular weight is 312 g/mol. The fourth-order valence-electron chi connectivity index (χ4n) is 2.42. The molecule has 2 rings (SSSR count). The minimum atomic E-state index is -0.208. The number of aliphatic hydroxyl groups excluding tert-OH is 1. The van der Waals surface area contributed by atoms with Gasteiger partial charge in [-0.05, 0) is 42.5 Å². The van der Waals surface area contributed by atoms with Crippen molar-refractivity contribution in [3.63, 3.8) is 0 Å². The molecule has 0 aliphatic heterocycles. The maximum Gasteiger partial charge on any atom is 0.321 e. The molecule has 0 saturated heterocycles. The summed E-state index contributed by atoms with van der Waals surface area (Å²) >= 11 is 0. The van der Waals surface area contributed by atoms with Crippen LogP contribution in [-0.4, -0.2) is 36.2 Å². The van der Waals surface area contributed by atoms with Crippen molar-refractivity contribution in [2.75, 3.05) is 25.5 Å². The van der Waals surface area contributed by atoms with E-state index >= 15 is 0 Å². The number of likely N-dealkylation sites (N-methyl/N-ethyl adjacent to an activating group) is 1. The molecule has 0 aromatic heterocycles. The van der Waals surface area contributed by atoms with Gasteiger partial charge < -0.3 is 15.3 Å². The van der Waals surface area contributed by atoms with Gasteiger partial charge in [0.05, 0.1) is 6.61 Å². The monoisotopic (exact) mass is 312 g/mol. The van der Waals surface area contributed by atoms with E-state index in [0.717, 1.165) is 24.9 Å². The highest BCUT2D eigenvalue weighted by atomic mass is 16.3. The van der Waals surface area contributed by atoms with Crippen molar-refractivity contribution in [3.05, 3.63) is 65.7 Å². The standard InChI is InChI=1S/C19H24N2O2/c1-21(13-14-22)19(23)20-18-12-6-11-17(15-18)10-5-9-16-7-3-2-4-8-16/h2-4,6-8,11-12,15,22H,5,9-10,13-14H2,1H3,(H,20,23). The van der Waals surface area contributed by atoms with Crippen LogP contribution in [0.15, 0.2) is 54.6 Å². The number of hydrogen-bond donors (Lipinski definition) is 2. The number of carbonyl (C=O) groups is 1. The Morgan fingerprint density at radius 3 is 2.48 bits per heavy atom. The van der Waals surface area contributed by atoms with Gasteiger partial charge in [-0.1, -0.05) is 42.5 Å². The Balaban J connectivity index is 1.85. The number of anilines is 1. The summed E-state index contributed by atoms with van der Waals surface area (Å²) in [6.45, 7) is 0.284. The van der Waals surface area contributed by atoms with Crippen LogP contribution >= 0.6 is 0 Å². The highest BCUT2D eigenvalue weighted by Crippen LogP contribution is 2.14. The summed E-state index contributed by atoms with van der Waals surface area (Å²) in [5.41, 5.74) is 3.35. The highest BCUT2D eigenvalue weighted by Gasteiger charge is 2.08. The Kier molecular flexibility index (Phi) is 6.63. The number of nitrogens with zero attached hydrogens (tertiary/aromatic N) is 1. The lowest BCUT2D eigenvalue weighted by Crippen LogP contribution is -2.33. The van der Waals surface area contributed by atoms with E-state index in [9.17, 15) is 4.79 Å². The second kappa shape index (κ2) is 8.96. The molecule has 0 radical (unpaired) electrons. The molecule has 2 aromatic carbocycles. The van der Waals surface area contributed by atoms with Gasteiger partial charge in [-0.25, -0.2) is 4.79 Å². The van der Waals surface area contributed by atoms with Crippen LogP contribution in [0.25, 0.3) is 0 Å². The fraction of sp³-hybridized carbons (Fsp3) is 0.316. The number of nitrogens with one attached hydrogen (secondary N) is 1. The van der Waals surface area contributed by atoms with E-state index in [1.165, 1.54) is 16.0 Å². The third-order valence-corrected chi connectivity index (χ3v) is 3.73. The molecule has 23 heavy (non-hydrogen) atoms. The smallest absolute Gasteiger partial charge is 0.321 e. The van der Waals surface area contributed by atoms with Gasteiger partial charge in [0, 0.05) is 19.3 Å². The van der Waals surface area contributed by atoms with Crippen LogP contribution in [0.4, 0.5) is 10.5 Å².